The van der Waals surface area contributed by atoms with Crippen molar-refractivity contribution in [2.75, 3.05) is 0 Å². The lowest BCUT2D eigenvalue weighted by Crippen LogP contribution is -2.24. The molecule has 0 bridgehead atoms. The number of nitrogens with one attached hydrogen (secondary N) is 1. The van der Waals surface area contributed by atoms with E-state index in [2.05, 4.69) is 15.5 Å². The second kappa shape index (κ2) is 5.54. The number of amides is 1. The predicted octanol–water partition coefficient (Wildman–Crippen LogP) is 3.11. The monoisotopic (exact) mass is 301 g/mol. The quantitative estimate of drug-likeness (QED) is 0.807. The van der Waals surface area contributed by atoms with E-state index in [9.17, 15) is 4.79 Å². The Labute approximate surface area is 125 Å². The third kappa shape index (κ3) is 2.87. The summed E-state index contributed by atoms with van der Waals surface area (Å²) < 4.78 is 4.94. The highest BCUT2D eigenvalue weighted by atomic mass is 35.5. The molecule has 0 aliphatic heterocycles. The normalized spacial score (nSPS) is 10.8. The van der Waals surface area contributed by atoms with Crippen LogP contribution in [0.2, 0.25) is 5.02 Å². The maximum atomic E-state index is 12.1. The van der Waals surface area contributed by atoms with Gasteiger partial charge in [-0.25, -0.2) is 4.98 Å². The molecule has 2 heterocycles. The molecular formula is C15H12ClN3O2. The number of fused-ring (bicyclic) bond motifs is 1. The zero-order chi connectivity index (χ0) is 14.8. The third-order valence-electron chi connectivity index (χ3n) is 3.01. The standard InChI is InChI=1S/C15H12ClN3O2/c1-9-6-10(19-21-9)8-17-15(20)14-7-12(16)11-4-2-3-5-13(11)18-14/h2-7H,8H2,1H3,(H,17,20). The van der Waals surface area contributed by atoms with Crippen LogP contribution < -0.4 is 5.32 Å². The van der Waals surface area contributed by atoms with Gasteiger partial charge in [0.15, 0.2) is 0 Å². The van der Waals surface area contributed by atoms with Gasteiger partial charge in [-0.2, -0.15) is 0 Å². The van der Waals surface area contributed by atoms with Crippen LogP contribution in [-0.4, -0.2) is 16.0 Å². The van der Waals surface area contributed by atoms with Crippen LogP contribution in [0.15, 0.2) is 40.9 Å². The zero-order valence-electron chi connectivity index (χ0n) is 11.3. The van der Waals surface area contributed by atoms with Crippen LogP contribution in [-0.2, 0) is 6.54 Å². The Morgan fingerprint density at radius 3 is 2.90 bits per heavy atom. The van der Waals surface area contributed by atoms with E-state index in [4.69, 9.17) is 16.1 Å². The maximum absolute atomic E-state index is 12.1. The van der Waals surface area contributed by atoms with E-state index in [1.807, 2.05) is 24.3 Å². The smallest absolute Gasteiger partial charge is 0.270 e. The molecule has 0 aliphatic carbocycles. The number of aromatic nitrogens is 2. The number of nitrogens with zero attached hydrogens (tertiary/aromatic N) is 2. The molecule has 0 spiro atoms. The molecule has 3 rings (SSSR count). The second-order valence-corrected chi connectivity index (χ2v) is 5.03. The van der Waals surface area contributed by atoms with Gasteiger partial charge in [-0.3, -0.25) is 4.79 Å². The summed E-state index contributed by atoms with van der Waals surface area (Å²) in [6, 6.07) is 10.7. The molecule has 1 amide bonds. The maximum Gasteiger partial charge on any atom is 0.270 e. The number of para-hydroxylation sites is 1. The summed E-state index contributed by atoms with van der Waals surface area (Å²) in [6.07, 6.45) is 0. The number of rotatable bonds is 3. The van der Waals surface area contributed by atoms with Gasteiger partial charge in [0.2, 0.25) is 0 Å². The van der Waals surface area contributed by atoms with E-state index in [1.54, 1.807) is 19.1 Å². The van der Waals surface area contributed by atoms with Gasteiger partial charge in [0, 0.05) is 11.5 Å². The Balaban J connectivity index is 1.81. The molecule has 6 heteroatoms. The number of carbonyl (C=O) groups is 1. The highest BCUT2D eigenvalue weighted by Crippen LogP contribution is 2.22. The molecule has 1 N–H and O–H groups in total. The van der Waals surface area contributed by atoms with Gasteiger partial charge in [0.25, 0.3) is 5.91 Å². The molecule has 0 saturated heterocycles. The number of halogens is 1. The minimum Gasteiger partial charge on any atom is -0.361 e. The topological polar surface area (TPSA) is 68.0 Å². The number of hydrogen-bond acceptors (Lipinski definition) is 4. The highest BCUT2D eigenvalue weighted by molar-refractivity contribution is 6.35. The molecule has 106 valence electrons. The van der Waals surface area contributed by atoms with E-state index in [-0.39, 0.29) is 18.1 Å². The van der Waals surface area contributed by atoms with E-state index in [0.29, 0.717) is 22.0 Å². The highest BCUT2D eigenvalue weighted by Gasteiger charge is 2.11. The second-order valence-electron chi connectivity index (χ2n) is 4.62. The van der Waals surface area contributed by atoms with E-state index < -0.39 is 0 Å². The summed E-state index contributed by atoms with van der Waals surface area (Å²) in [5.41, 5.74) is 1.62. The van der Waals surface area contributed by atoms with E-state index in [1.165, 1.54) is 0 Å². The molecule has 0 aliphatic rings. The van der Waals surface area contributed by atoms with Gasteiger partial charge in [-0.15, -0.1) is 0 Å². The number of carbonyl (C=O) groups excluding carboxylic acids is 1. The lowest BCUT2D eigenvalue weighted by atomic mass is 10.2. The summed E-state index contributed by atoms with van der Waals surface area (Å²) >= 11 is 6.18. The Kier molecular flexibility index (Phi) is 3.58. The minimum atomic E-state index is -0.302. The van der Waals surface area contributed by atoms with Gasteiger partial charge in [-0.1, -0.05) is 35.0 Å². The molecule has 21 heavy (non-hydrogen) atoms. The molecular weight excluding hydrogens is 290 g/mol. The molecule has 0 radical (unpaired) electrons. The summed E-state index contributed by atoms with van der Waals surface area (Å²) in [5, 5.41) is 7.88. The fourth-order valence-electron chi connectivity index (χ4n) is 2.01. The summed E-state index contributed by atoms with van der Waals surface area (Å²) in [7, 11) is 0. The number of benzene rings is 1. The minimum absolute atomic E-state index is 0.277. The number of aryl methyl sites for hydroxylation is 1. The Bertz CT molecular complexity index is 814. The average Bonchev–Trinajstić information content (AvgIpc) is 2.90. The Hall–Kier alpha value is -2.40. The van der Waals surface area contributed by atoms with Gasteiger partial charge >= 0.3 is 0 Å². The van der Waals surface area contributed by atoms with Crippen molar-refractivity contribution in [3.63, 3.8) is 0 Å². The van der Waals surface area contributed by atoms with Crippen LogP contribution in [0.4, 0.5) is 0 Å². The largest absolute Gasteiger partial charge is 0.361 e. The Morgan fingerprint density at radius 1 is 1.33 bits per heavy atom. The molecule has 5 nitrogen and oxygen atoms in total. The van der Waals surface area contributed by atoms with Crippen molar-refractivity contribution in [2.24, 2.45) is 0 Å². The van der Waals surface area contributed by atoms with Crippen molar-refractivity contribution >= 4 is 28.4 Å². The average molecular weight is 302 g/mol. The lowest BCUT2D eigenvalue weighted by molar-refractivity contribution is 0.0945. The third-order valence-corrected chi connectivity index (χ3v) is 3.32. The van der Waals surface area contributed by atoms with Crippen molar-refractivity contribution in [2.45, 2.75) is 13.5 Å². The van der Waals surface area contributed by atoms with E-state index >= 15 is 0 Å². The lowest BCUT2D eigenvalue weighted by Gasteiger charge is -2.05. The predicted molar refractivity (Wildman–Crippen MR) is 79.2 cm³/mol. The molecule has 2 aromatic heterocycles. The van der Waals surface area contributed by atoms with E-state index in [0.717, 1.165) is 5.39 Å². The SMILES string of the molecule is Cc1cc(CNC(=O)c2cc(Cl)c3ccccc3n2)no1. The molecule has 0 fully saturated rings. The van der Waals surface area contributed by atoms with Gasteiger partial charge in [-0.05, 0) is 19.1 Å². The van der Waals surface area contributed by atoms with Gasteiger partial charge in [0.05, 0.1) is 17.1 Å². The van der Waals surface area contributed by atoms with Crippen molar-refractivity contribution in [3.05, 3.63) is 58.6 Å². The van der Waals surface area contributed by atoms with Crippen LogP contribution in [0.25, 0.3) is 10.9 Å². The molecule has 0 atom stereocenters. The first-order valence-corrected chi connectivity index (χ1v) is 6.77. The van der Waals surface area contributed by atoms with Crippen molar-refractivity contribution in [1.29, 1.82) is 0 Å². The molecule has 3 aromatic rings. The number of pyridine rings is 1. The van der Waals surface area contributed by atoms with Crippen molar-refractivity contribution in [3.8, 4) is 0 Å². The first kappa shape index (κ1) is 13.6. The van der Waals surface area contributed by atoms with Crippen molar-refractivity contribution in [1.82, 2.24) is 15.5 Å². The summed E-state index contributed by atoms with van der Waals surface area (Å²) in [4.78, 5) is 16.4. The van der Waals surface area contributed by atoms with Crippen LogP contribution in [0, 0.1) is 6.92 Å². The molecule has 0 saturated carbocycles. The first-order valence-electron chi connectivity index (χ1n) is 6.39. The molecule has 0 unspecified atom stereocenters. The van der Waals surface area contributed by atoms with Gasteiger partial charge < -0.3 is 9.84 Å². The fraction of sp³-hybridized carbons (Fsp3) is 0.133. The van der Waals surface area contributed by atoms with Crippen molar-refractivity contribution < 1.29 is 9.32 Å². The van der Waals surface area contributed by atoms with Crippen LogP contribution in [0.3, 0.4) is 0 Å². The number of hydrogen-bond donors (Lipinski definition) is 1. The summed E-state index contributed by atoms with van der Waals surface area (Å²) in [6.45, 7) is 2.07. The van der Waals surface area contributed by atoms with Gasteiger partial charge in [0.1, 0.15) is 17.1 Å². The van der Waals surface area contributed by atoms with Crippen LogP contribution >= 0.6 is 11.6 Å². The Morgan fingerprint density at radius 2 is 2.14 bits per heavy atom. The zero-order valence-corrected chi connectivity index (χ0v) is 12.0. The summed E-state index contributed by atoms with van der Waals surface area (Å²) in [5.74, 6) is 0.398. The van der Waals surface area contributed by atoms with Crippen LogP contribution in [0.1, 0.15) is 21.9 Å². The first-order chi connectivity index (χ1) is 10.1. The van der Waals surface area contributed by atoms with Crippen LogP contribution in [0.5, 0.6) is 0 Å². The molecule has 1 aromatic carbocycles. The fourth-order valence-corrected chi connectivity index (χ4v) is 2.28.